The topological polar surface area (TPSA) is 103 Å². The van der Waals surface area contributed by atoms with Crippen LogP contribution in [0.3, 0.4) is 0 Å². The lowest BCUT2D eigenvalue weighted by molar-refractivity contribution is 0.0964. The second-order valence-electron chi connectivity index (χ2n) is 8.44. The van der Waals surface area contributed by atoms with E-state index >= 15 is 0 Å². The molecule has 1 fully saturated rings. The maximum Gasteiger partial charge on any atom is 0.409 e. The average Bonchev–Trinajstić information content (AvgIpc) is 3.21. The molecule has 2 aromatic rings. The van der Waals surface area contributed by atoms with E-state index in [1.807, 2.05) is 27.0 Å². The number of nitrogens with zero attached hydrogens (tertiary/aromatic N) is 4. The highest BCUT2D eigenvalue weighted by Gasteiger charge is 2.30. The first-order valence-corrected chi connectivity index (χ1v) is 11.0. The molecule has 1 aliphatic rings. The molecule has 166 valence electrons. The van der Waals surface area contributed by atoms with Gasteiger partial charge in [-0.15, -0.1) is 0 Å². The Bertz CT molecular complexity index is 955. The van der Waals surface area contributed by atoms with Crippen molar-refractivity contribution >= 4 is 28.5 Å². The van der Waals surface area contributed by atoms with Gasteiger partial charge in [0, 0.05) is 42.1 Å². The third kappa shape index (κ3) is 5.75. The van der Waals surface area contributed by atoms with Crippen LogP contribution in [0.2, 0.25) is 0 Å². The van der Waals surface area contributed by atoms with E-state index < -0.39 is 0 Å². The van der Waals surface area contributed by atoms with Gasteiger partial charge in [0.05, 0.1) is 6.61 Å². The van der Waals surface area contributed by atoms with Crippen molar-refractivity contribution in [3.63, 3.8) is 0 Å². The van der Waals surface area contributed by atoms with E-state index in [4.69, 9.17) is 4.74 Å². The first-order chi connectivity index (χ1) is 14.9. The van der Waals surface area contributed by atoms with Crippen LogP contribution in [0, 0.1) is 11.3 Å². The highest BCUT2D eigenvalue weighted by atomic mass is 16.6. The Labute approximate surface area is 184 Å². The number of anilines is 2. The third-order valence-corrected chi connectivity index (χ3v) is 5.57. The summed E-state index contributed by atoms with van der Waals surface area (Å²) >= 11 is 0. The van der Waals surface area contributed by atoms with Gasteiger partial charge in [-0.1, -0.05) is 13.3 Å². The zero-order chi connectivity index (χ0) is 22.4. The van der Waals surface area contributed by atoms with Gasteiger partial charge in [0.1, 0.15) is 23.4 Å². The van der Waals surface area contributed by atoms with E-state index in [2.05, 4.69) is 33.6 Å². The molecule has 8 heteroatoms. The second-order valence-corrected chi connectivity index (χ2v) is 8.44. The third-order valence-electron chi connectivity index (χ3n) is 5.57. The summed E-state index contributed by atoms with van der Waals surface area (Å²) in [5, 5.41) is 17.9. The molecule has 3 rings (SSSR count). The van der Waals surface area contributed by atoms with Crippen LogP contribution in [-0.4, -0.2) is 52.7 Å². The van der Waals surface area contributed by atoms with E-state index in [-0.39, 0.29) is 24.2 Å². The molecule has 0 unspecified atom stereocenters. The lowest BCUT2D eigenvalue weighted by Gasteiger charge is -2.24. The molecule has 0 bridgehead atoms. The van der Waals surface area contributed by atoms with Crippen LogP contribution < -0.4 is 10.6 Å². The van der Waals surface area contributed by atoms with Crippen molar-refractivity contribution in [1.29, 1.82) is 5.26 Å². The maximum atomic E-state index is 12.2. The molecule has 1 amide bonds. The Balaban J connectivity index is 1.68. The number of fused-ring (bicyclic) bond motifs is 1. The van der Waals surface area contributed by atoms with Crippen LogP contribution in [0.5, 0.6) is 0 Å². The van der Waals surface area contributed by atoms with E-state index in [1.54, 1.807) is 17.2 Å². The van der Waals surface area contributed by atoms with Crippen LogP contribution in [0.4, 0.5) is 16.4 Å². The zero-order valence-electron chi connectivity index (χ0n) is 18.8. The van der Waals surface area contributed by atoms with E-state index in [0.717, 1.165) is 48.7 Å². The van der Waals surface area contributed by atoms with E-state index in [1.165, 1.54) is 0 Å². The normalized spacial score (nSPS) is 18.1. The number of amides is 1. The number of carbonyl (C=O) groups is 1. The van der Waals surface area contributed by atoms with Crippen LogP contribution in [0.1, 0.15) is 58.6 Å². The monoisotopic (exact) mass is 424 g/mol. The lowest BCUT2D eigenvalue weighted by atomic mass is 10.1. The standard InChI is InChI=1S/C23H32N6O2/c1-5-6-9-31-23(30)29(4)19-8-7-17(11-19)27-21-12-20-16(14-25-21)10-18(13-24)28-22(20)26-15(2)3/h10,12,14-15,17,19H,5-9,11H2,1-4H3,(H,25,27)(H,26,28)/t17-,19+/m0/s1. The molecular weight excluding hydrogens is 392 g/mol. The average molecular weight is 425 g/mol. The minimum absolute atomic E-state index is 0.158. The van der Waals surface area contributed by atoms with Gasteiger partial charge in [-0.05, 0) is 51.7 Å². The number of ether oxygens (including phenoxy) is 1. The minimum Gasteiger partial charge on any atom is -0.449 e. The molecule has 2 aromatic heterocycles. The van der Waals surface area contributed by atoms with Crippen molar-refractivity contribution in [1.82, 2.24) is 14.9 Å². The maximum absolute atomic E-state index is 12.2. The largest absolute Gasteiger partial charge is 0.449 e. The SMILES string of the molecule is CCCCOC(=O)N(C)[C@@H]1CC[C@H](Nc2cc3c(NC(C)C)nc(C#N)cc3cn2)C1. The Morgan fingerprint density at radius 2 is 2.19 bits per heavy atom. The molecule has 2 heterocycles. The van der Waals surface area contributed by atoms with Crippen molar-refractivity contribution < 1.29 is 9.53 Å². The number of unbranched alkanes of at least 4 members (excludes halogenated alkanes) is 1. The summed E-state index contributed by atoms with van der Waals surface area (Å²) in [6.07, 6.45) is 6.16. The van der Waals surface area contributed by atoms with Gasteiger partial charge in [-0.25, -0.2) is 14.8 Å². The van der Waals surface area contributed by atoms with Gasteiger partial charge in [-0.3, -0.25) is 0 Å². The Kier molecular flexibility index (Phi) is 7.50. The summed E-state index contributed by atoms with van der Waals surface area (Å²) < 4.78 is 5.34. The fraction of sp³-hybridized carbons (Fsp3) is 0.565. The molecule has 0 aromatic carbocycles. The first kappa shape index (κ1) is 22.6. The van der Waals surface area contributed by atoms with Crippen LogP contribution in [0.15, 0.2) is 18.3 Å². The molecule has 1 saturated carbocycles. The highest BCUT2D eigenvalue weighted by molar-refractivity contribution is 5.93. The number of nitriles is 1. The molecule has 31 heavy (non-hydrogen) atoms. The summed E-state index contributed by atoms with van der Waals surface area (Å²) in [5.74, 6) is 1.46. The molecule has 0 radical (unpaired) electrons. The number of hydrogen-bond donors (Lipinski definition) is 2. The van der Waals surface area contributed by atoms with E-state index in [0.29, 0.717) is 18.1 Å². The summed E-state index contributed by atoms with van der Waals surface area (Å²) in [4.78, 5) is 22.9. The highest BCUT2D eigenvalue weighted by Crippen LogP contribution is 2.29. The summed E-state index contributed by atoms with van der Waals surface area (Å²) in [7, 11) is 1.82. The Morgan fingerprint density at radius 3 is 2.90 bits per heavy atom. The number of rotatable bonds is 8. The number of aromatic nitrogens is 2. The number of pyridine rings is 2. The molecule has 1 aliphatic carbocycles. The molecule has 2 atom stereocenters. The second kappa shape index (κ2) is 10.3. The molecule has 0 aliphatic heterocycles. The van der Waals surface area contributed by atoms with Crippen LogP contribution in [0.25, 0.3) is 10.8 Å². The van der Waals surface area contributed by atoms with E-state index in [9.17, 15) is 10.1 Å². The minimum atomic E-state index is -0.244. The summed E-state index contributed by atoms with van der Waals surface area (Å²) in [6.45, 7) is 6.63. The quantitative estimate of drug-likeness (QED) is 0.600. The number of nitrogens with one attached hydrogen (secondary N) is 2. The summed E-state index contributed by atoms with van der Waals surface area (Å²) in [5.41, 5.74) is 0.366. The Morgan fingerprint density at radius 1 is 1.39 bits per heavy atom. The van der Waals surface area contributed by atoms with Crippen molar-refractivity contribution in [2.24, 2.45) is 0 Å². The Hall–Kier alpha value is -3.08. The van der Waals surface area contributed by atoms with Crippen molar-refractivity contribution in [3.05, 3.63) is 24.0 Å². The molecule has 2 N–H and O–H groups in total. The number of carbonyl (C=O) groups excluding carboxylic acids is 1. The molecule has 0 saturated heterocycles. The van der Waals surface area contributed by atoms with Crippen LogP contribution in [-0.2, 0) is 4.74 Å². The van der Waals surface area contributed by atoms with Gasteiger partial charge < -0.3 is 20.3 Å². The number of hydrogen-bond acceptors (Lipinski definition) is 7. The smallest absolute Gasteiger partial charge is 0.409 e. The van der Waals surface area contributed by atoms with Gasteiger partial charge >= 0.3 is 6.09 Å². The molecular formula is C23H32N6O2. The van der Waals surface area contributed by atoms with Crippen molar-refractivity contribution in [2.45, 2.75) is 71.0 Å². The van der Waals surface area contributed by atoms with Gasteiger partial charge in [-0.2, -0.15) is 5.26 Å². The lowest BCUT2D eigenvalue weighted by Crippen LogP contribution is -2.36. The predicted octanol–water partition coefficient (Wildman–Crippen LogP) is 4.52. The zero-order valence-corrected chi connectivity index (χ0v) is 18.8. The van der Waals surface area contributed by atoms with Crippen molar-refractivity contribution in [2.75, 3.05) is 24.3 Å². The summed E-state index contributed by atoms with van der Waals surface area (Å²) in [6, 6.07) is 6.42. The molecule has 0 spiro atoms. The predicted molar refractivity (Wildman–Crippen MR) is 122 cm³/mol. The van der Waals surface area contributed by atoms with Gasteiger partial charge in [0.25, 0.3) is 0 Å². The van der Waals surface area contributed by atoms with Gasteiger partial charge in [0.15, 0.2) is 0 Å². The first-order valence-electron chi connectivity index (χ1n) is 11.0. The molecule has 8 nitrogen and oxygen atoms in total. The fourth-order valence-electron chi connectivity index (χ4n) is 3.87. The fourth-order valence-corrected chi connectivity index (χ4v) is 3.87. The van der Waals surface area contributed by atoms with Gasteiger partial charge in [0.2, 0.25) is 0 Å². The van der Waals surface area contributed by atoms with Crippen molar-refractivity contribution in [3.8, 4) is 6.07 Å². The van der Waals surface area contributed by atoms with Crippen LogP contribution >= 0.6 is 0 Å².